The number of aromatic nitrogens is 5. The van der Waals surface area contributed by atoms with E-state index in [1.165, 1.54) is 24.0 Å². The molecule has 0 aliphatic carbocycles. The number of aliphatic hydroxyl groups excluding tert-OH is 6. The lowest BCUT2D eigenvalue weighted by Gasteiger charge is -2.41. The Bertz CT molecular complexity index is 1920. The molecule has 4 aromatic rings. The SMILES string of the molecule is COC(=O)N(C)c1c(N)nc(-c2nn(Cc3ccccc3F)c3ncccc23)nc1NC1(O)O[C@H](CO)[C@@H](O[C@@H]2O[C@H](CO)[C@H](O)[C@H](O)[C@H]2O)[C@@H]1O. The third kappa shape index (κ3) is 6.69. The highest BCUT2D eigenvalue weighted by Gasteiger charge is 2.57. The predicted molar refractivity (Wildman–Crippen MR) is 174 cm³/mol. The van der Waals surface area contributed by atoms with Crippen LogP contribution in [-0.2, 0) is 25.5 Å². The molecule has 52 heavy (non-hydrogen) atoms. The highest BCUT2D eigenvalue weighted by molar-refractivity contribution is 5.96. The predicted octanol–water partition coefficient (Wildman–Crippen LogP) is -2.14. The van der Waals surface area contributed by atoms with Crippen LogP contribution in [-0.4, -0.2) is 149 Å². The summed E-state index contributed by atoms with van der Waals surface area (Å²) >= 11 is 0. The molecule has 6 rings (SSSR count). The first-order valence-corrected chi connectivity index (χ1v) is 15.8. The molecule has 2 aliphatic rings. The van der Waals surface area contributed by atoms with Crippen LogP contribution in [0.5, 0.6) is 0 Å². The lowest BCUT2D eigenvalue weighted by Crippen LogP contribution is -2.61. The number of nitrogen functional groups attached to an aromatic ring is 1. The molecule has 0 bridgehead atoms. The molecule has 21 heteroatoms. The van der Waals surface area contributed by atoms with E-state index in [0.717, 1.165) is 12.0 Å². The summed E-state index contributed by atoms with van der Waals surface area (Å²) in [6.45, 7) is -1.67. The molecule has 1 amide bonds. The van der Waals surface area contributed by atoms with Gasteiger partial charge in [-0.2, -0.15) is 5.10 Å². The van der Waals surface area contributed by atoms with Gasteiger partial charge < -0.3 is 65.7 Å². The fourth-order valence-electron chi connectivity index (χ4n) is 6.00. The highest BCUT2D eigenvalue weighted by atomic mass is 19.1. The summed E-state index contributed by atoms with van der Waals surface area (Å²) in [5.41, 5.74) is 6.87. The van der Waals surface area contributed by atoms with Gasteiger partial charge in [-0.1, -0.05) is 18.2 Å². The second-order valence-corrected chi connectivity index (χ2v) is 12.0. The lowest BCUT2D eigenvalue weighted by atomic mass is 9.99. The summed E-state index contributed by atoms with van der Waals surface area (Å²) in [5, 5.41) is 81.1. The Morgan fingerprint density at radius 2 is 1.81 bits per heavy atom. The molecule has 2 fully saturated rings. The molecule has 0 saturated carbocycles. The number of pyridine rings is 1. The van der Waals surface area contributed by atoms with E-state index in [1.54, 1.807) is 30.3 Å². The monoisotopic (exact) mass is 732 g/mol. The van der Waals surface area contributed by atoms with E-state index in [2.05, 4.69) is 25.4 Å². The zero-order chi connectivity index (χ0) is 37.5. The number of nitrogens with zero attached hydrogens (tertiary/aromatic N) is 6. The van der Waals surface area contributed by atoms with Crippen molar-refractivity contribution in [3.05, 3.63) is 54.0 Å². The van der Waals surface area contributed by atoms with Gasteiger partial charge >= 0.3 is 6.09 Å². The van der Waals surface area contributed by atoms with Crippen molar-refractivity contribution < 1.29 is 63.9 Å². The number of carbonyl (C=O) groups excluding carboxylic acids is 1. The van der Waals surface area contributed by atoms with Gasteiger partial charge in [0, 0.05) is 18.8 Å². The fourth-order valence-corrected chi connectivity index (χ4v) is 6.00. The number of amides is 1. The second kappa shape index (κ2) is 14.7. The fraction of sp³-hybridized carbons (Fsp3) is 0.452. The number of nitrogens with two attached hydrogens (primary N) is 1. The summed E-state index contributed by atoms with van der Waals surface area (Å²) in [5.74, 6) is -4.27. The summed E-state index contributed by atoms with van der Waals surface area (Å²) < 4.78 is 37.4. The number of carbonyl (C=O) groups is 1. The molecule has 10 N–H and O–H groups in total. The summed E-state index contributed by atoms with van der Waals surface area (Å²) in [6.07, 6.45) is -13.3. The minimum absolute atomic E-state index is 0.0257. The van der Waals surface area contributed by atoms with Crippen LogP contribution < -0.4 is 16.0 Å². The number of hydrogen-bond donors (Lipinski definition) is 9. The lowest BCUT2D eigenvalue weighted by molar-refractivity contribution is -0.318. The first-order valence-electron chi connectivity index (χ1n) is 15.8. The minimum Gasteiger partial charge on any atom is -0.452 e. The number of nitrogens with one attached hydrogen (secondary N) is 1. The van der Waals surface area contributed by atoms with Crippen molar-refractivity contribution in [2.24, 2.45) is 0 Å². The number of halogens is 1. The molecule has 0 spiro atoms. The third-order valence-corrected chi connectivity index (χ3v) is 8.72. The van der Waals surface area contributed by atoms with Gasteiger partial charge in [0.2, 0.25) is 0 Å². The zero-order valence-corrected chi connectivity index (χ0v) is 27.6. The van der Waals surface area contributed by atoms with Gasteiger partial charge in [-0.05, 0) is 18.2 Å². The average Bonchev–Trinajstić information content (AvgIpc) is 3.61. The number of fused-ring (bicyclic) bond motifs is 1. The van der Waals surface area contributed by atoms with E-state index in [9.17, 15) is 44.9 Å². The molecule has 0 radical (unpaired) electrons. The summed E-state index contributed by atoms with van der Waals surface area (Å²) in [4.78, 5) is 26.8. The van der Waals surface area contributed by atoms with Crippen molar-refractivity contribution in [3.8, 4) is 11.5 Å². The first kappa shape index (κ1) is 37.1. The topological polar surface area (TPSA) is 293 Å². The Labute approximate surface area is 293 Å². The van der Waals surface area contributed by atoms with E-state index >= 15 is 0 Å². The largest absolute Gasteiger partial charge is 0.452 e. The molecule has 280 valence electrons. The molecule has 5 heterocycles. The smallest absolute Gasteiger partial charge is 0.413 e. The number of rotatable bonds is 10. The van der Waals surface area contributed by atoms with Crippen molar-refractivity contribution in [1.29, 1.82) is 0 Å². The summed E-state index contributed by atoms with van der Waals surface area (Å²) in [6, 6.07) is 9.39. The van der Waals surface area contributed by atoms with Crippen LogP contribution in [0.25, 0.3) is 22.6 Å². The van der Waals surface area contributed by atoms with Crippen molar-refractivity contribution in [2.75, 3.05) is 43.3 Å². The highest BCUT2D eigenvalue weighted by Crippen LogP contribution is 2.39. The number of anilines is 3. The number of methoxy groups -OCH3 is 1. The normalized spacial score (nSPS) is 29.0. The number of hydrogen-bond acceptors (Lipinski definition) is 18. The zero-order valence-electron chi connectivity index (χ0n) is 27.6. The number of benzene rings is 1. The second-order valence-electron chi connectivity index (χ2n) is 12.0. The number of ether oxygens (including phenoxy) is 4. The van der Waals surface area contributed by atoms with Crippen molar-refractivity contribution in [3.63, 3.8) is 0 Å². The molecule has 2 saturated heterocycles. The summed E-state index contributed by atoms with van der Waals surface area (Å²) in [7, 11) is 2.36. The van der Waals surface area contributed by atoms with Gasteiger partial charge in [-0.25, -0.2) is 28.8 Å². The Kier molecular flexibility index (Phi) is 10.5. The molecular weight excluding hydrogens is 695 g/mol. The third-order valence-electron chi connectivity index (χ3n) is 8.72. The van der Waals surface area contributed by atoms with Crippen molar-refractivity contribution >= 4 is 34.4 Å². The average molecular weight is 733 g/mol. The van der Waals surface area contributed by atoms with Gasteiger partial charge in [0.15, 0.2) is 35.5 Å². The molecule has 1 aromatic carbocycles. The Balaban J connectivity index is 1.39. The Morgan fingerprint density at radius 3 is 2.50 bits per heavy atom. The van der Waals surface area contributed by atoms with Crippen LogP contribution in [0.2, 0.25) is 0 Å². The first-order chi connectivity index (χ1) is 24.8. The van der Waals surface area contributed by atoms with Gasteiger partial charge in [0.05, 0.1) is 32.3 Å². The van der Waals surface area contributed by atoms with Crippen LogP contribution in [0.15, 0.2) is 42.6 Å². The Hall–Kier alpha value is -4.68. The molecule has 3 aromatic heterocycles. The quantitative estimate of drug-likeness (QED) is 0.0786. The van der Waals surface area contributed by atoms with E-state index in [0.29, 0.717) is 16.6 Å². The number of aliphatic hydroxyl groups is 7. The van der Waals surface area contributed by atoms with Gasteiger partial charge in [0.1, 0.15) is 53.8 Å². The Morgan fingerprint density at radius 1 is 1.08 bits per heavy atom. The maximum absolute atomic E-state index is 14.6. The van der Waals surface area contributed by atoms with Crippen LogP contribution in [0, 0.1) is 5.82 Å². The molecule has 2 aliphatic heterocycles. The van der Waals surface area contributed by atoms with E-state index in [1.807, 2.05) is 0 Å². The van der Waals surface area contributed by atoms with Crippen LogP contribution in [0.1, 0.15) is 5.56 Å². The van der Waals surface area contributed by atoms with E-state index in [-0.39, 0.29) is 29.6 Å². The van der Waals surface area contributed by atoms with Crippen LogP contribution >= 0.6 is 0 Å². The molecule has 1 unspecified atom stereocenters. The van der Waals surface area contributed by atoms with Gasteiger partial charge in [-0.15, -0.1) is 0 Å². The van der Waals surface area contributed by atoms with Gasteiger partial charge in [-0.3, -0.25) is 4.90 Å². The van der Waals surface area contributed by atoms with Gasteiger partial charge in [0.25, 0.3) is 5.91 Å². The van der Waals surface area contributed by atoms with Crippen molar-refractivity contribution in [1.82, 2.24) is 24.7 Å². The minimum atomic E-state index is -2.87. The van der Waals surface area contributed by atoms with Crippen molar-refractivity contribution in [2.45, 2.75) is 61.5 Å². The van der Waals surface area contributed by atoms with Crippen LogP contribution in [0.4, 0.5) is 26.5 Å². The standard InChI is InChI=1S/C31H37FN8O12/c1-39(30(47)49-2)19-25(33)35-26(18-14-7-5-9-34-28(14)40(38-18)10-13-6-3-4-8-15(13)32)36-27(19)37-31(48)24(46)23(17(12-42)52-31)51-29-22(45)21(44)20(43)16(11-41)50-29/h3-9,16-17,20-24,29,41-46,48H,10-12H2,1-2H3,(H3,33,35,36,37)/t16-,17-,20+,21+,22-,23-,24+,29+,31?/m1/s1. The molecule has 9 atom stereocenters. The molecule has 20 nitrogen and oxygen atoms in total. The molecular formula is C31H37FN8O12. The maximum Gasteiger partial charge on any atom is 0.413 e. The van der Waals surface area contributed by atoms with Crippen LogP contribution in [0.3, 0.4) is 0 Å². The van der Waals surface area contributed by atoms with E-state index in [4.69, 9.17) is 24.7 Å². The van der Waals surface area contributed by atoms with E-state index < -0.39 is 85.9 Å². The maximum atomic E-state index is 14.6.